The number of nitrogens with two attached hydrogens (primary N) is 1. The number of guanidine groups is 1. The number of likely N-dealkylation sites (tertiary alicyclic amines) is 1. The van der Waals surface area contributed by atoms with Gasteiger partial charge in [0.15, 0.2) is 15.8 Å². The van der Waals surface area contributed by atoms with Gasteiger partial charge >= 0.3 is 6.09 Å². The molecular weight excluding hydrogens is 459 g/mol. The highest BCUT2D eigenvalue weighted by molar-refractivity contribution is 14.0. The van der Waals surface area contributed by atoms with E-state index < -0.39 is 14.6 Å². The van der Waals surface area contributed by atoms with E-state index in [1.165, 1.54) is 0 Å². The van der Waals surface area contributed by atoms with E-state index in [0.29, 0.717) is 19.7 Å². The number of nitrogens with zero attached hydrogens (tertiary/aromatic N) is 2. The Kier molecular flexibility index (Phi) is 10.1. The summed E-state index contributed by atoms with van der Waals surface area (Å²) in [5, 5.41) is 3.09. The molecule has 0 atom stereocenters. The summed E-state index contributed by atoms with van der Waals surface area (Å²) >= 11 is 0. The van der Waals surface area contributed by atoms with Crippen LogP contribution >= 0.6 is 24.0 Å². The highest BCUT2D eigenvalue weighted by atomic mass is 127. The Morgan fingerprint density at radius 2 is 1.88 bits per heavy atom. The van der Waals surface area contributed by atoms with Gasteiger partial charge in [0, 0.05) is 19.1 Å². The first kappa shape index (κ1) is 24.2. The molecule has 8 nitrogen and oxygen atoms in total. The van der Waals surface area contributed by atoms with Gasteiger partial charge in [0.2, 0.25) is 0 Å². The first-order valence-corrected chi connectivity index (χ1v) is 9.92. The van der Waals surface area contributed by atoms with Gasteiger partial charge in [-0.1, -0.05) is 0 Å². The zero-order chi connectivity index (χ0) is 18.4. The van der Waals surface area contributed by atoms with Gasteiger partial charge < -0.3 is 20.7 Å². The van der Waals surface area contributed by atoms with Gasteiger partial charge in [0.05, 0.1) is 23.7 Å². The predicted octanol–water partition coefficient (Wildman–Crippen LogP) is 1.34. The second-order valence-electron chi connectivity index (χ2n) is 6.80. The van der Waals surface area contributed by atoms with Crippen molar-refractivity contribution < 1.29 is 17.9 Å². The Bertz CT molecular complexity index is 552. The molecule has 1 aliphatic heterocycles. The molecule has 0 aromatic heterocycles. The maximum atomic E-state index is 12.0. The van der Waals surface area contributed by atoms with Crippen LogP contribution in [-0.2, 0) is 14.6 Å². The third-order valence-corrected chi connectivity index (χ3v) is 6.53. The normalized spacial score (nSPS) is 17.0. The summed E-state index contributed by atoms with van der Waals surface area (Å²) in [5.41, 5.74) is 5.82. The lowest BCUT2D eigenvalue weighted by Gasteiger charge is -2.31. The lowest BCUT2D eigenvalue weighted by Crippen LogP contribution is -2.48. The molecule has 1 rings (SSSR count). The van der Waals surface area contributed by atoms with Gasteiger partial charge in [-0.3, -0.25) is 4.99 Å². The Balaban J connectivity index is 0.00000576. The van der Waals surface area contributed by atoms with Crippen molar-refractivity contribution in [2.24, 2.45) is 10.7 Å². The summed E-state index contributed by atoms with van der Waals surface area (Å²) in [4.78, 5) is 17.4. The number of amides is 1. The third kappa shape index (κ3) is 7.97. The molecule has 25 heavy (non-hydrogen) atoms. The molecule has 148 valence electrons. The van der Waals surface area contributed by atoms with Gasteiger partial charge in [-0.05, 0) is 40.5 Å². The minimum atomic E-state index is -3.20. The van der Waals surface area contributed by atoms with Crippen molar-refractivity contribution in [1.82, 2.24) is 10.2 Å². The van der Waals surface area contributed by atoms with Gasteiger partial charge in [0.1, 0.15) is 0 Å². The van der Waals surface area contributed by atoms with Crippen LogP contribution in [0.5, 0.6) is 0 Å². The molecule has 0 saturated carbocycles. The van der Waals surface area contributed by atoms with Crippen molar-refractivity contribution in [1.29, 1.82) is 0 Å². The summed E-state index contributed by atoms with van der Waals surface area (Å²) in [5.74, 6) is 0.217. The largest absolute Gasteiger partial charge is 0.450 e. The van der Waals surface area contributed by atoms with Crippen molar-refractivity contribution in [2.45, 2.75) is 51.3 Å². The average molecular weight is 490 g/mol. The summed E-state index contributed by atoms with van der Waals surface area (Å²) in [6, 6.07) is 0.124. The minimum Gasteiger partial charge on any atom is -0.450 e. The summed E-state index contributed by atoms with van der Waals surface area (Å²) in [7, 11) is -3.20. The van der Waals surface area contributed by atoms with Crippen molar-refractivity contribution in [3.63, 3.8) is 0 Å². The van der Waals surface area contributed by atoms with E-state index in [0.717, 1.165) is 12.8 Å². The third-order valence-electron chi connectivity index (χ3n) is 3.95. The number of carbonyl (C=O) groups is 1. The SMILES string of the molecule is CCOC(=O)N1CCC(NC(N)=NCCS(=O)(=O)C(C)(C)C)CC1.I. The molecule has 0 unspecified atom stereocenters. The van der Waals surface area contributed by atoms with Gasteiger partial charge in [-0.15, -0.1) is 24.0 Å². The van der Waals surface area contributed by atoms with Gasteiger partial charge in [-0.2, -0.15) is 0 Å². The van der Waals surface area contributed by atoms with Crippen LogP contribution in [0.1, 0.15) is 40.5 Å². The zero-order valence-electron chi connectivity index (χ0n) is 15.4. The van der Waals surface area contributed by atoms with Crippen LogP contribution in [0, 0.1) is 0 Å². The van der Waals surface area contributed by atoms with Crippen molar-refractivity contribution in [3.8, 4) is 0 Å². The van der Waals surface area contributed by atoms with E-state index in [2.05, 4.69) is 10.3 Å². The second kappa shape index (κ2) is 10.4. The zero-order valence-corrected chi connectivity index (χ0v) is 18.6. The number of aliphatic imine (C=N–C) groups is 1. The molecule has 1 aliphatic rings. The second-order valence-corrected chi connectivity index (χ2v) is 9.67. The monoisotopic (exact) mass is 490 g/mol. The molecule has 0 aliphatic carbocycles. The van der Waals surface area contributed by atoms with Crippen LogP contribution in [0.15, 0.2) is 4.99 Å². The van der Waals surface area contributed by atoms with Crippen LogP contribution in [0.3, 0.4) is 0 Å². The number of piperidine rings is 1. The highest BCUT2D eigenvalue weighted by Crippen LogP contribution is 2.15. The van der Waals surface area contributed by atoms with Crippen molar-refractivity contribution in [2.75, 3.05) is 32.0 Å². The van der Waals surface area contributed by atoms with Crippen molar-refractivity contribution in [3.05, 3.63) is 0 Å². The molecule has 0 bridgehead atoms. The maximum Gasteiger partial charge on any atom is 0.409 e. The number of sulfone groups is 1. The number of carbonyl (C=O) groups excluding carboxylic acids is 1. The molecule has 1 heterocycles. The Labute approximate surface area is 167 Å². The van der Waals surface area contributed by atoms with Gasteiger partial charge in [0.25, 0.3) is 0 Å². The standard InChI is InChI=1S/C15H30N4O4S.HI/c1-5-23-14(20)19-9-6-12(7-10-19)18-13(16)17-8-11-24(21,22)15(2,3)4;/h12H,5-11H2,1-4H3,(H3,16,17,18);1H. The van der Waals surface area contributed by atoms with Crippen LogP contribution in [-0.4, -0.2) is 68.2 Å². The fourth-order valence-electron chi connectivity index (χ4n) is 2.27. The van der Waals surface area contributed by atoms with E-state index in [1.807, 2.05) is 0 Å². The molecule has 0 aromatic rings. The molecular formula is C15H31IN4O4S. The fraction of sp³-hybridized carbons (Fsp3) is 0.867. The molecule has 10 heteroatoms. The number of ether oxygens (including phenoxy) is 1. The summed E-state index contributed by atoms with van der Waals surface area (Å²) in [6.45, 7) is 8.50. The first-order valence-electron chi connectivity index (χ1n) is 8.27. The van der Waals surface area contributed by atoms with Crippen LogP contribution in [0.2, 0.25) is 0 Å². The number of rotatable bonds is 5. The maximum absolute atomic E-state index is 12.0. The van der Waals surface area contributed by atoms with Crippen LogP contribution < -0.4 is 11.1 Å². The Morgan fingerprint density at radius 3 is 2.36 bits per heavy atom. The first-order chi connectivity index (χ1) is 11.1. The Hall–Kier alpha value is -0.780. The van der Waals surface area contributed by atoms with E-state index in [-0.39, 0.29) is 54.4 Å². The molecule has 0 spiro atoms. The summed E-state index contributed by atoms with van der Waals surface area (Å²) in [6.07, 6.45) is 1.20. The van der Waals surface area contributed by atoms with E-state index in [1.54, 1.807) is 32.6 Å². The summed E-state index contributed by atoms with van der Waals surface area (Å²) < 4.78 is 28.2. The number of hydrogen-bond acceptors (Lipinski definition) is 5. The Morgan fingerprint density at radius 1 is 1.32 bits per heavy atom. The lowest BCUT2D eigenvalue weighted by atomic mass is 10.1. The van der Waals surface area contributed by atoms with E-state index in [4.69, 9.17) is 10.5 Å². The van der Waals surface area contributed by atoms with Crippen LogP contribution in [0.4, 0.5) is 4.79 Å². The fourth-order valence-corrected chi connectivity index (χ4v) is 3.21. The topological polar surface area (TPSA) is 114 Å². The quantitative estimate of drug-likeness (QED) is 0.342. The molecule has 0 radical (unpaired) electrons. The van der Waals surface area contributed by atoms with E-state index >= 15 is 0 Å². The minimum absolute atomic E-state index is 0. The molecule has 1 fully saturated rings. The van der Waals surface area contributed by atoms with E-state index in [9.17, 15) is 13.2 Å². The molecule has 0 aromatic carbocycles. The lowest BCUT2D eigenvalue weighted by molar-refractivity contribution is 0.0963. The number of halogens is 1. The van der Waals surface area contributed by atoms with Crippen molar-refractivity contribution >= 4 is 45.9 Å². The number of nitrogens with one attached hydrogen (secondary N) is 1. The predicted molar refractivity (Wildman–Crippen MR) is 110 cm³/mol. The van der Waals surface area contributed by atoms with Crippen LogP contribution in [0.25, 0.3) is 0 Å². The average Bonchev–Trinajstić information content (AvgIpc) is 2.46. The molecule has 1 amide bonds. The number of hydrogen-bond donors (Lipinski definition) is 2. The molecule has 3 N–H and O–H groups in total. The molecule has 1 saturated heterocycles. The highest BCUT2D eigenvalue weighted by Gasteiger charge is 2.28. The van der Waals surface area contributed by atoms with Gasteiger partial charge in [-0.25, -0.2) is 13.2 Å². The smallest absolute Gasteiger partial charge is 0.409 e.